The molecule has 0 bridgehead atoms. The van der Waals surface area contributed by atoms with E-state index in [1.54, 1.807) is 6.08 Å². The number of nitrogens with two attached hydrogens (primary N) is 1. The number of rotatable bonds is 1. The van der Waals surface area contributed by atoms with Crippen LogP contribution in [0.5, 0.6) is 0 Å². The van der Waals surface area contributed by atoms with Crippen LogP contribution in [-0.2, 0) is 0 Å². The smallest absolute Gasteiger partial charge is 0.0975 e. The molecule has 0 aromatic carbocycles. The second-order valence-electron chi connectivity index (χ2n) is 3.05. The predicted octanol–water partition coefficient (Wildman–Crippen LogP) is 0.805. The van der Waals surface area contributed by atoms with Gasteiger partial charge in [0.2, 0.25) is 0 Å². The Morgan fingerprint density at radius 1 is 1.60 bits per heavy atom. The standard InChI is InChI=1S/C8H15NO/c1-2-8(10)6-4-3-5-7(8)9/h2,7,10H,1,3-6,9H2/t7-,8+/m1/s1. The molecule has 0 heterocycles. The first kappa shape index (κ1) is 7.76. The maximum atomic E-state index is 9.71. The molecule has 1 saturated carbocycles. The molecule has 0 saturated heterocycles. The van der Waals surface area contributed by atoms with Crippen molar-refractivity contribution in [3.63, 3.8) is 0 Å². The first-order valence-corrected chi connectivity index (χ1v) is 3.80. The molecule has 0 aromatic rings. The third-order valence-electron chi connectivity index (χ3n) is 2.34. The molecular formula is C8H15NO. The van der Waals surface area contributed by atoms with Crippen LogP contribution in [-0.4, -0.2) is 16.7 Å². The summed E-state index contributed by atoms with van der Waals surface area (Å²) in [6, 6.07) is -0.0984. The summed E-state index contributed by atoms with van der Waals surface area (Å²) < 4.78 is 0. The van der Waals surface area contributed by atoms with E-state index in [1.807, 2.05) is 0 Å². The zero-order chi connectivity index (χ0) is 7.61. The molecule has 1 fully saturated rings. The van der Waals surface area contributed by atoms with Crippen molar-refractivity contribution in [1.82, 2.24) is 0 Å². The zero-order valence-corrected chi connectivity index (χ0v) is 6.21. The second-order valence-corrected chi connectivity index (χ2v) is 3.05. The SMILES string of the molecule is C=C[C@]1(O)CCCC[C@H]1N. The van der Waals surface area contributed by atoms with Crippen LogP contribution in [0.25, 0.3) is 0 Å². The molecule has 0 amide bonds. The minimum absolute atomic E-state index is 0.0984. The van der Waals surface area contributed by atoms with Gasteiger partial charge in [-0.05, 0) is 12.8 Å². The van der Waals surface area contributed by atoms with E-state index in [1.165, 1.54) is 0 Å². The van der Waals surface area contributed by atoms with Gasteiger partial charge >= 0.3 is 0 Å². The van der Waals surface area contributed by atoms with Crippen molar-refractivity contribution >= 4 is 0 Å². The Morgan fingerprint density at radius 2 is 2.30 bits per heavy atom. The summed E-state index contributed by atoms with van der Waals surface area (Å²) in [6.45, 7) is 3.58. The highest BCUT2D eigenvalue weighted by atomic mass is 16.3. The van der Waals surface area contributed by atoms with Crippen LogP contribution in [0, 0.1) is 0 Å². The molecule has 1 rings (SSSR count). The summed E-state index contributed by atoms with van der Waals surface area (Å²) in [5.74, 6) is 0. The first-order valence-electron chi connectivity index (χ1n) is 3.80. The Hall–Kier alpha value is -0.340. The van der Waals surface area contributed by atoms with Gasteiger partial charge in [-0.1, -0.05) is 18.9 Å². The van der Waals surface area contributed by atoms with Crippen LogP contribution < -0.4 is 5.73 Å². The molecule has 10 heavy (non-hydrogen) atoms. The van der Waals surface area contributed by atoms with Gasteiger partial charge in [0.05, 0.1) is 5.60 Å². The molecule has 0 unspecified atom stereocenters. The van der Waals surface area contributed by atoms with Crippen LogP contribution in [0.3, 0.4) is 0 Å². The number of hydrogen-bond acceptors (Lipinski definition) is 2. The minimum atomic E-state index is -0.780. The topological polar surface area (TPSA) is 46.2 Å². The highest BCUT2D eigenvalue weighted by Gasteiger charge is 2.33. The van der Waals surface area contributed by atoms with Gasteiger partial charge in [0.1, 0.15) is 0 Å². The molecule has 0 radical (unpaired) electrons. The molecule has 1 aliphatic carbocycles. The van der Waals surface area contributed by atoms with Crippen molar-refractivity contribution in [2.45, 2.75) is 37.3 Å². The number of hydrogen-bond donors (Lipinski definition) is 2. The molecule has 0 spiro atoms. The van der Waals surface area contributed by atoms with Gasteiger partial charge in [-0.3, -0.25) is 0 Å². The van der Waals surface area contributed by atoms with Crippen molar-refractivity contribution in [3.8, 4) is 0 Å². The monoisotopic (exact) mass is 141 g/mol. The zero-order valence-electron chi connectivity index (χ0n) is 6.21. The highest BCUT2D eigenvalue weighted by Crippen LogP contribution is 2.27. The Bertz CT molecular complexity index is 135. The van der Waals surface area contributed by atoms with Crippen LogP contribution >= 0.6 is 0 Å². The van der Waals surface area contributed by atoms with Crippen molar-refractivity contribution < 1.29 is 5.11 Å². The fourth-order valence-corrected chi connectivity index (χ4v) is 1.46. The van der Waals surface area contributed by atoms with E-state index in [0.717, 1.165) is 25.7 Å². The lowest BCUT2D eigenvalue weighted by Crippen LogP contribution is -2.48. The predicted molar refractivity (Wildman–Crippen MR) is 41.6 cm³/mol. The maximum Gasteiger partial charge on any atom is 0.0975 e. The molecule has 2 nitrogen and oxygen atoms in total. The summed E-state index contributed by atoms with van der Waals surface area (Å²) in [7, 11) is 0. The Labute approximate surface area is 61.7 Å². The van der Waals surface area contributed by atoms with Gasteiger partial charge in [0.25, 0.3) is 0 Å². The summed E-state index contributed by atoms with van der Waals surface area (Å²) in [5, 5.41) is 9.71. The van der Waals surface area contributed by atoms with Crippen LogP contribution in [0.2, 0.25) is 0 Å². The number of aliphatic hydroxyl groups is 1. The second kappa shape index (κ2) is 2.72. The van der Waals surface area contributed by atoms with Crippen LogP contribution in [0.15, 0.2) is 12.7 Å². The van der Waals surface area contributed by atoms with E-state index in [-0.39, 0.29) is 6.04 Å². The van der Waals surface area contributed by atoms with E-state index in [2.05, 4.69) is 6.58 Å². The molecule has 58 valence electrons. The van der Waals surface area contributed by atoms with E-state index < -0.39 is 5.60 Å². The van der Waals surface area contributed by atoms with Crippen molar-refractivity contribution in [3.05, 3.63) is 12.7 Å². The van der Waals surface area contributed by atoms with E-state index in [9.17, 15) is 5.11 Å². The van der Waals surface area contributed by atoms with Gasteiger partial charge in [-0.2, -0.15) is 0 Å². The lowest BCUT2D eigenvalue weighted by atomic mass is 9.81. The van der Waals surface area contributed by atoms with Gasteiger partial charge in [0, 0.05) is 6.04 Å². The molecule has 2 atom stereocenters. The van der Waals surface area contributed by atoms with E-state index >= 15 is 0 Å². The van der Waals surface area contributed by atoms with Crippen LogP contribution in [0.1, 0.15) is 25.7 Å². The third-order valence-corrected chi connectivity index (χ3v) is 2.34. The summed E-state index contributed by atoms with van der Waals surface area (Å²) in [6.07, 6.45) is 5.48. The minimum Gasteiger partial charge on any atom is -0.384 e. The fraction of sp³-hybridized carbons (Fsp3) is 0.750. The van der Waals surface area contributed by atoms with Crippen molar-refractivity contribution in [2.24, 2.45) is 5.73 Å². The maximum absolute atomic E-state index is 9.71. The molecule has 0 aromatic heterocycles. The molecule has 1 aliphatic rings. The Morgan fingerprint density at radius 3 is 2.70 bits per heavy atom. The fourth-order valence-electron chi connectivity index (χ4n) is 1.46. The van der Waals surface area contributed by atoms with Gasteiger partial charge in [-0.15, -0.1) is 6.58 Å². The summed E-state index contributed by atoms with van der Waals surface area (Å²) in [4.78, 5) is 0. The van der Waals surface area contributed by atoms with Gasteiger partial charge < -0.3 is 10.8 Å². The third kappa shape index (κ3) is 1.22. The highest BCUT2D eigenvalue weighted by molar-refractivity contribution is 5.04. The lowest BCUT2D eigenvalue weighted by Gasteiger charge is -2.34. The van der Waals surface area contributed by atoms with Crippen LogP contribution in [0.4, 0.5) is 0 Å². The molecular weight excluding hydrogens is 126 g/mol. The first-order chi connectivity index (χ1) is 4.69. The lowest BCUT2D eigenvalue weighted by molar-refractivity contribution is 0.0319. The average molecular weight is 141 g/mol. The van der Waals surface area contributed by atoms with Crippen molar-refractivity contribution in [1.29, 1.82) is 0 Å². The summed E-state index contributed by atoms with van der Waals surface area (Å²) in [5.41, 5.74) is 4.92. The molecule has 0 aliphatic heterocycles. The average Bonchev–Trinajstić information content (AvgIpc) is 1.96. The Balaban J connectivity index is 2.62. The van der Waals surface area contributed by atoms with Gasteiger partial charge in [-0.25, -0.2) is 0 Å². The Kier molecular flexibility index (Phi) is 2.11. The molecule has 3 N–H and O–H groups in total. The van der Waals surface area contributed by atoms with Gasteiger partial charge in [0.15, 0.2) is 0 Å². The summed E-state index contributed by atoms with van der Waals surface area (Å²) >= 11 is 0. The molecule has 2 heteroatoms. The normalized spacial score (nSPS) is 41.2. The quantitative estimate of drug-likeness (QED) is 0.531. The van der Waals surface area contributed by atoms with E-state index in [4.69, 9.17) is 5.73 Å². The van der Waals surface area contributed by atoms with E-state index in [0.29, 0.717) is 0 Å². The van der Waals surface area contributed by atoms with Crippen molar-refractivity contribution in [2.75, 3.05) is 0 Å². The largest absolute Gasteiger partial charge is 0.384 e.